The molecule has 0 spiro atoms. The van der Waals surface area contributed by atoms with Gasteiger partial charge in [0.1, 0.15) is 5.54 Å². The Morgan fingerprint density at radius 3 is 2.29 bits per heavy atom. The molecule has 0 atom stereocenters. The fourth-order valence-corrected chi connectivity index (χ4v) is 3.07. The minimum Gasteiger partial charge on any atom is -0.480 e. The van der Waals surface area contributed by atoms with E-state index in [9.17, 15) is 14.7 Å². The predicted octanol–water partition coefficient (Wildman–Crippen LogP) is 2.87. The van der Waals surface area contributed by atoms with Crippen LogP contribution in [0.2, 0.25) is 0 Å². The molecule has 0 saturated heterocycles. The number of carbonyl (C=O) groups excluding carboxylic acids is 1. The van der Waals surface area contributed by atoms with Crippen molar-refractivity contribution in [3.8, 4) is 0 Å². The second-order valence-corrected chi connectivity index (χ2v) is 6.57. The number of carboxylic acid groups (broad SMARTS) is 1. The number of hydrogen-bond acceptors (Lipinski definition) is 2. The van der Waals surface area contributed by atoms with Crippen LogP contribution in [0.25, 0.3) is 0 Å². The lowest BCUT2D eigenvalue weighted by Crippen LogP contribution is -2.53. The zero-order valence-corrected chi connectivity index (χ0v) is 12.7. The SMILES string of the molecule is CC(C)(CC(=O)NC1(C(=O)O)CCCC1)c1ccccc1. The van der Waals surface area contributed by atoms with Crippen molar-refractivity contribution in [3.63, 3.8) is 0 Å². The molecule has 4 nitrogen and oxygen atoms in total. The molecule has 1 aliphatic rings. The lowest BCUT2D eigenvalue weighted by atomic mass is 9.81. The molecular formula is C17H23NO3. The van der Waals surface area contributed by atoms with Gasteiger partial charge in [-0.3, -0.25) is 4.79 Å². The van der Waals surface area contributed by atoms with Crippen molar-refractivity contribution >= 4 is 11.9 Å². The monoisotopic (exact) mass is 289 g/mol. The highest BCUT2D eigenvalue weighted by Gasteiger charge is 2.43. The second-order valence-electron chi connectivity index (χ2n) is 6.57. The van der Waals surface area contributed by atoms with Crippen LogP contribution < -0.4 is 5.32 Å². The topological polar surface area (TPSA) is 66.4 Å². The molecule has 4 heteroatoms. The summed E-state index contributed by atoms with van der Waals surface area (Å²) in [6, 6.07) is 9.83. The number of hydrogen-bond donors (Lipinski definition) is 2. The first kappa shape index (κ1) is 15.5. The molecule has 1 aliphatic carbocycles. The Morgan fingerprint density at radius 1 is 1.19 bits per heavy atom. The van der Waals surface area contributed by atoms with Gasteiger partial charge in [0, 0.05) is 6.42 Å². The van der Waals surface area contributed by atoms with Gasteiger partial charge in [-0.25, -0.2) is 4.79 Å². The highest BCUT2D eigenvalue weighted by atomic mass is 16.4. The minimum atomic E-state index is -1.05. The smallest absolute Gasteiger partial charge is 0.329 e. The molecule has 0 radical (unpaired) electrons. The van der Waals surface area contributed by atoms with Gasteiger partial charge < -0.3 is 10.4 Å². The molecule has 1 saturated carbocycles. The third-order valence-corrected chi connectivity index (χ3v) is 4.40. The summed E-state index contributed by atoms with van der Waals surface area (Å²) in [4.78, 5) is 23.8. The maximum Gasteiger partial charge on any atom is 0.329 e. The highest BCUT2D eigenvalue weighted by Crippen LogP contribution is 2.32. The van der Waals surface area contributed by atoms with Crippen LogP contribution in [0, 0.1) is 0 Å². The first-order valence-electron chi connectivity index (χ1n) is 7.46. The van der Waals surface area contributed by atoms with Crippen molar-refractivity contribution in [1.29, 1.82) is 0 Å². The van der Waals surface area contributed by atoms with Gasteiger partial charge in [0.25, 0.3) is 0 Å². The van der Waals surface area contributed by atoms with E-state index < -0.39 is 11.5 Å². The number of carboxylic acids is 1. The standard InChI is InChI=1S/C17H23NO3/c1-16(2,13-8-4-3-5-9-13)12-14(19)18-17(15(20)21)10-6-7-11-17/h3-5,8-9H,6-7,10-12H2,1-2H3,(H,18,19)(H,20,21). The molecule has 2 N–H and O–H groups in total. The van der Waals surface area contributed by atoms with Crippen molar-refractivity contribution in [2.24, 2.45) is 0 Å². The Kier molecular flexibility index (Phi) is 4.35. The van der Waals surface area contributed by atoms with Crippen LogP contribution >= 0.6 is 0 Å². The number of benzene rings is 1. The largest absolute Gasteiger partial charge is 0.480 e. The van der Waals surface area contributed by atoms with E-state index in [4.69, 9.17) is 0 Å². The van der Waals surface area contributed by atoms with Gasteiger partial charge in [-0.05, 0) is 23.8 Å². The molecule has 1 aromatic carbocycles. The first-order valence-corrected chi connectivity index (χ1v) is 7.46. The average Bonchev–Trinajstić information content (AvgIpc) is 2.89. The zero-order valence-electron chi connectivity index (χ0n) is 12.7. The third kappa shape index (κ3) is 3.43. The summed E-state index contributed by atoms with van der Waals surface area (Å²) in [6.45, 7) is 4.01. The van der Waals surface area contributed by atoms with Crippen LogP contribution in [0.1, 0.15) is 51.5 Å². The van der Waals surface area contributed by atoms with E-state index in [0.717, 1.165) is 18.4 Å². The van der Waals surface area contributed by atoms with Gasteiger partial charge in [0.15, 0.2) is 0 Å². The maximum absolute atomic E-state index is 12.3. The molecule has 1 fully saturated rings. The van der Waals surface area contributed by atoms with E-state index in [2.05, 4.69) is 5.32 Å². The van der Waals surface area contributed by atoms with Crippen LogP contribution in [-0.2, 0) is 15.0 Å². The summed E-state index contributed by atoms with van der Waals surface area (Å²) in [6.07, 6.45) is 3.05. The van der Waals surface area contributed by atoms with Crippen molar-refractivity contribution in [3.05, 3.63) is 35.9 Å². The number of aliphatic carboxylic acids is 1. The third-order valence-electron chi connectivity index (χ3n) is 4.40. The summed E-state index contributed by atoms with van der Waals surface area (Å²) >= 11 is 0. The fourth-order valence-electron chi connectivity index (χ4n) is 3.07. The Bertz CT molecular complexity index is 516. The Hall–Kier alpha value is -1.84. The van der Waals surface area contributed by atoms with Crippen molar-refractivity contribution in [2.45, 2.75) is 56.9 Å². The van der Waals surface area contributed by atoms with E-state index >= 15 is 0 Å². The Labute approximate surface area is 125 Å². The van der Waals surface area contributed by atoms with E-state index in [-0.39, 0.29) is 17.7 Å². The normalized spacial score (nSPS) is 17.4. The Morgan fingerprint density at radius 2 is 1.76 bits per heavy atom. The van der Waals surface area contributed by atoms with Crippen LogP contribution in [0.15, 0.2) is 30.3 Å². The van der Waals surface area contributed by atoms with E-state index in [1.807, 2.05) is 44.2 Å². The van der Waals surface area contributed by atoms with Crippen LogP contribution in [0.4, 0.5) is 0 Å². The summed E-state index contributed by atoms with van der Waals surface area (Å²) in [5, 5.41) is 12.2. The number of carbonyl (C=O) groups is 2. The lowest BCUT2D eigenvalue weighted by Gasteiger charge is -2.29. The highest BCUT2D eigenvalue weighted by molar-refractivity contribution is 5.87. The summed E-state index contributed by atoms with van der Waals surface area (Å²) in [7, 11) is 0. The number of amides is 1. The molecule has 0 bridgehead atoms. The molecule has 0 aromatic heterocycles. The van der Waals surface area contributed by atoms with E-state index in [0.29, 0.717) is 12.8 Å². The van der Waals surface area contributed by atoms with Crippen LogP contribution in [0.3, 0.4) is 0 Å². The number of nitrogens with one attached hydrogen (secondary N) is 1. The molecular weight excluding hydrogens is 266 g/mol. The van der Waals surface area contributed by atoms with Gasteiger partial charge >= 0.3 is 5.97 Å². The maximum atomic E-state index is 12.3. The number of rotatable bonds is 5. The molecule has 0 unspecified atom stereocenters. The summed E-state index contributed by atoms with van der Waals surface area (Å²) in [5.74, 6) is -1.10. The predicted molar refractivity (Wildman–Crippen MR) is 81.1 cm³/mol. The van der Waals surface area contributed by atoms with E-state index in [1.54, 1.807) is 0 Å². The average molecular weight is 289 g/mol. The summed E-state index contributed by atoms with van der Waals surface area (Å²) in [5.41, 5.74) is -0.288. The molecule has 21 heavy (non-hydrogen) atoms. The molecule has 0 aliphatic heterocycles. The van der Waals surface area contributed by atoms with Gasteiger partial charge in [0.2, 0.25) is 5.91 Å². The van der Waals surface area contributed by atoms with Crippen molar-refractivity contribution in [2.75, 3.05) is 0 Å². The van der Waals surface area contributed by atoms with Crippen LogP contribution in [-0.4, -0.2) is 22.5 Å². The fraction of sp³-hybridized carbons (Fsp3) is 0.529. The molecule has 1 amide bonds. The Balaban J connectivity index is 2.06. The zero-order chi connectivity index (χ0) is 15.5. The molecule has 2 rings (SSSR count). The molecule has 114 valence electrons. The second kappa shape index (κ2) is 5.88. The minimum absolute atomic E-state index is 0.187. The van der Waals surface area contributed by atoms with Gasteiger partial charge in [-0.1, -0.05) is 57.0 Å². The molecule has 1 aromatic rings. The quantitative estimate of drug-likeness (QED) is 0.876. The van der Waals surface area contributed by atoms with Crippen molar-refractivity contribution < 1.29 is 14.7 Å². The van der Waals surface area contributed by atoms with Gasteiger partial charge in [-0.2, -0.15) is 0 Å². The summed E-state index contributed by atoms with van der Waals surface area (Å²) < 4.78 is 0. The molecule has 0 heterocycles. The first-order chi connectivity index (χ1) is 9.86. The van der Waals surface area contributed by atoms with Crippen LogP contribution in [0.5, 0.6) is 0 Å². The van der Waals surface area contributed by atoms with Crippen molar-refractivity contribution in [1.82, 2.24) is 5.32 Å². The van der Waals surface area contributed by atoms with E-state index in [1.165, 1.54) is 0 Å². The van der Waals surface area contributed by atoms with Gasteiger partial charge in [-0.15, -0.1) is 0 Å². The van der Waals surface area contributed by atoms with Gasteiger partial charge in [0.05, 0.1) is 0 Å². The lowest BCUT2D eigenvalue weighted by molar-refractivity contribution is -0.147.